The van der Waals surface area contributed by atoms with Crippen molar-refractivity contribution in [3.05, 3.63) is 59.0 Å². The first-order valence-corrected chi connectivity index (χ1v) is 14.6. The summed E-state index contributed by atoms with van der Waals surface area (Å²) in [7, 11) is 0. The van der Waals surface area contributed by atoms with Crippen LogP contribution in [-0.2, 0) is 14.3 Å². The number of hydrogen-bond donors (Lipinski definition) is 4. The number of amides is 1. The zero-order valence-corrected chi connectivity index (χ0v) is 23.9. The predicted molar refractivity (Wildman–Crippen MR) is 159 cm³/mol. The van der Waals surface area contributed by atoms with Gasteiger partial charge in [-0.3, -0.25) is 9.59 Å². The molecule has 4 rings (SSSR count). The number of carbonyl (C=O) groups is 2. The molecule has 216 valence electrons. The Hall–Kier alpha value is -3.75. The molecule has 41 heavy (non-hydrogen) atoms. The summed E-state index contributed by atoms with van der Waals surface area (Å²) in [5, 5.41) is 43.7. The molecule has 2 heterocycles. The Balaban J connectivity index is 1.45. The number of fused-ring (bicyclic) bond motifs is 1. The molecule has 1 aliphatic rings. The standard InChI is InChI=1S/C31H35N3O6S/c1-3-11-34(12-4-2)23-8-7-19-13-21(6-5-20(19)14-23)27-10-9-24(41-27)15-22(16-32)30(38)33-17-25-28(36)29(37)26(18-35)40-31(25)39/h5-10,13-15,25-26,28-29,35-37H,3-4,11-12,17-18H2,1-2H3,(H,33,38)/b22-15+/t25?,26-,28-,29-/m1/s1. The maximum atomic E-state index is 12.7. The summed E-state index contributed by atoms with van der Waals surface area (Å²) < 4.78 is 4.92. The number of aliphatic hydroxyl groups is 3. The second kappa shape index (κ2) is 13.7. The topological polar surface area (TPSA) is 143 Å². The van der Waals surface area contributed by atoms with E-state index < -0.39 is 42.7 Å². The SMILES string of the molecule is CCCN(CCC)c1ccc2cc(-c3ccc(/C=C(\C#N)C(=O)NCC4C(=O)O[C@H](CO)[C@@H](O)[C@@H]4O)s3)ccc2c1. The van der Waals surface area contributed by atoms with Crippen molar-refractivity contribution in [2.75, 3.05) is 31.1 Å². The van der Waals surface area contributed by atoms with Crippen LogP contribution in [0.25, 0.3) is 27.3 Å². The Labute approximate surface area is 243 Å². The van der Waals surface area contributed by atoms with Crippen LogP contribution in [0.2, 0.25) is 0 Å². The van der Waals surface area contributed by atoms with Gasteiger partial charge in [0.2, 0.25) is 0 Å². The zero-order valence-electron chi connectivity index (χ0n) is 23.1. The van der Waals surface area contributed by atoms with Gasteiger partial charge in [-0.05, 0) is 65.6 Å². The van der Waals surface area contributed by atoms with Gasteiger partial charge in [-0.25, -0.2) is 0 Å². The van der Waals surface area contributed by atoms with Crippen molar-refractivity contribution in [3.8, 4) is 16.5 Å². The molecule has 1 aliphatic heterocycles. The van der Waals surface area contributed by atoms with Crippen molar-refractivity contribution >= 4 is 45.7 Å². The maximum absolute atomic E-state index is 12.7. The van der Waals surface area contributed by atoms with Crippen molar-refractivity contribution < 1.29 is 29.6 Å². The van der Waals surface area contributed by atoms with Gasteiger partial charge in [0.05, 0.1) is 12.7 Å². The molecule has 0 radical (unpaired) electrons. The molecule has 3 aromatic rings. The van der Waals surface area contributed by atoms with E-state index in [1.54, 1.807) is 0 Å². The smallest absolute Gasteiger partial charge is 0.313 e. The van der Waals surface area contributed by atoms with Crippen molar-refractivity contribution in [1.29, 1.82) is 5.26 Å². The minimum Gasteiger partial charge on any atom is -0.457 e. The minimum absolute atomic E-state index is 0.166. The van der Waals surface area contributed by atoms with Crippen LogP contribution < -0.4 is 10.2 Å². The van der Waals surface area contributed by atoms with Crippen molar-refractivity contribution in [2.24, 2.45) is 5.92 Å². The molecule has 9 nitrogen and oxygen atoms in total. The molecule has 0 aliphatic carbocycles. The fourth-order valence-corrected chi connectivity index (χ4v) is 5.87. The number of rotatable bonds is 11. The van der Waals surface area contributed by atoms with Crippen LogP contribution in [0.3, 0.4) is 0 Å². The second-order valence-electron chi connectivity index (χ2n) is 10.1. The lowest BCUT2D eigenvalue weighted by Gasteiger charge is -2.35. The van der Waals surface area contributed by atoms with Crippen LogP contribution in [0.15, 0.2) is 54.1 Å². The first-order valence-electron chi connectivity index (χ1n) is 13.8. The number of aliphatic hydroxyl groups excluding tert-OH is 3. The minimum atomic E-state index is -1.52. The van der Waals surface area contributed by atoms with Crippen molar-refractivity contribution in [2.45, 2.75) is 45.0 Å². The average molecular weight is 578 g/mol. The maximum Gasteiger partial charge on any atom is 0.313 e. The van der Waals surface area contributed by atoms with Crippen LogP contribution >= 0.6 is 11.3 Å². The van der Waals surface area contributed by atoms with Gasteiger partial charge in [-0.15, -0.1) is 11.3 Å². The van der Waals surface area contributed by atoms with E-state index in [9.17, 15) is 25.1 Å². The number of thiophene rings is 1. The summed E-state index contributed by atoms with van der Waals surface area (Å²) in [5.74, 6) is -2.79. The highest BCUT2D eigenvalue weighted by atomic mass is 32.1. The van der Waals surface area contributed by atoms with Gasteiger partial charge in [0.15, 0.2) is 6.10 Å². The van der Waals surface area contributed by atoms with E-state index in [4.69, 9.17) is 9.84 Å². The summed E-state index contributed by atoms with van der Waals surface area (Å²) in [6.45, 7) is 5.45. The third-order valence-corrected chi connectivity index (χ3v) is 8.20. The van der Waals surface area contributed by atoms with E-state index in [2.05, 4.69) is 60.5 Å². The molecule has 0 saturated carbocycles. The number of benzene rings is 2. The van der Waals surface area contributed by atoms with Crippen LogP contribution in [0.4, 0.5) is 5.69 Å². The summed E-state index contributed by atoms with van der Waals surface area (Å²) in [5.41, 5.74) is 2.09. The molecule has 10 heteroatoms. The highest BCUT2D eigenvalue weighted by molar-refractivity contribution is 7.16. The van der Waals surface area contributed by atoms with E-state index >= 15 is 0 Å². The number of nitrogens with zero attached hydrogens (tertiary/aromatic N) is 2. The van der Waals surface area contributed by atoms with E-state index in [0.29, 0.717) is 4.88 Å². The summed E-state index contributed by atoms with van der Waals surface area (Å²) in [6, 6.07) is 18.5. The number of hydrogen-bond acceptors (Lipinski definition) is 9. The Kier molecular flexibility index (Phi) is 10.1. The number of nitrogens with one attached hydrogen (secondary N) is 1. The molecule has 4 atom stereocenters. The molecule has 1 fully saturated rings. The summed E-state index contributed by atoms with van der Waals surface area (Å²) >= 11 is 1.44. The third-order valence-electron chi connectivity index (χ3n) is 7.11. The van der Waals surface area contributed by atoms with Gasteiger partial charge in [0.1, 0.15) is 23.7 Å². The van der Waals surface area contributed by atoms with Gasteiger partial charge < -0.3 is 30.3 Å². The fraction of sp³-hybridized carbons (Fsp3) is 0.387. The largest absolute Gasteiger partial charge is 0.457 e. The second-order valence-corrected chi connectivity index (χ2v) is 11.2. The van der Waals surface area contributed by atoms with E-state index in [1.807, 2.05) is 18.2 Å². The number of ether oxygens (including phenoxy) is 1. The van der Waals surface area contributed by atoms with Crippen LogP contribution in [0.1, 0.15) is 31.6 Å². The summed E-state index contributed by atoms with van der Waals surface area (Å²) in [6.07, 6.45) is -0.578. The molecular weight excluding hydrogens is 542 g/mol. The molecule has 0 spiro atoms. The Morgan fingerprint density at radius 1 is 1.07 bits per heavy atom. The average Bonchev–Trinajstić information content (AvgIpc) is 3.45. The zero-order chi connectivity index (χ0) is 29.5. The van der Waals surface area contributed by atoms with Crippen molar-refractivity contribution in [1.82, 2.24) is 5.32 Å². The number of carbonyl (C=O) groups excluding carboxylic acids is 2. The van der Waals surface area contributed by atoms with Crippen LogP contribution in [-0.4, -0.2) is 71.7 Å². The summed E-state index contributed by atoms with van der Waals surface area (Å²) in [4.78, 5) is 28.9. The molecule has 0 bridgehead atoms. The molecule has 1 amide bonds. The molecule has 1 unspecified atom stereocenters. The van der Waals surface area contributed by atoms with E-state index in [1.165, 1.54) is 23.1 Å². The lowest BCUT2D eigenvalue weighted by Crippen LogP contribution is -2.56. The van der Waals surface area contributed by atoms with Gasteiger partial charge in [-0.1, -0.05) is 32.0 Å². The van der Waals surface area contributed by atoms with Gasteiger partial charge in [0, 0.05) is 35.1 Å². The quantitative estimate of drug-likeness (QED) is 0.154. The molecule has 1 aromatic heterocycles. The predicted octanol–water partition coefficient (Wildman–Crippen LogP) is 3.47. The Bertz CT molecular complexity index is 1460. The number of cyclic esters (lactones) is 1. The molecule has 1 saturated heterocycles. The lowest BCUT2D eigenvalue weighted by molar-refractivity contribution is -0.195. The lowest BCUT2D eigenvalue weighted by atomic mass is 9.91. The van der Waals surface area contributed by atoms with E-state index in [0.717, 1.165) is 47.1 Å². The first-order chi connectivity index (χ1) is 19.8. The normalized spacial score (nSPS) is 20.9. The molecule has 4 N–H and O–H groups in total. The Morgan fingerprint density at radius 3 is 2.46 bits per heavy atom. The highest BCUT2D eigenvalue weighted by Crippen LogP contribution is 2.33. The van der Waals surface area contributed by atoms with Crippen LogP contribution in [0, 0.1) is 17.2 Å². The fourth-order valence-electron chi connectivity index (χ4n) is 4.92. The van der Waals surface area contributed by atoms with Crippen LogP contribution in [0.5, 0.6) is 0 Å². The first kappa shape index (κ1) is 30.2. The molecule has 2 aromatic carbocycles. The van der Waals surface area contributed by atoms with Crippen molar-refractivity contribution in [3.63, 3.8) is 0 Å². The molecular formula is C31H35N3O6S. The monoisotopic (exact) mass is 577 g/mol. The highest BCUT2D eigenvalue weighted by Gasteiger charge is 2.44. The van der Waals surface area contributed by atoms with E-state index in [-0.39, 0.29) is 12.1 Å². The number of anilines is 1. The van der Waals surface area contributed by atoms with Gasteiger partial charge >= 0.3 is 5.97 Å². The third kappa shape index (κ3) is 6.94. The number of esters is 1. The van der Waals surface area contributed by atoms with Gasteiger partial charge in [0.25, 0.3) is 5.91 Å². The number of nitriles is 1. The van der Waals surface area contributed by atoms with Gasteiger partial charge in [-0.2, -0.15) is 5.26 Å². The Morgan fingerprint density at radius 2 is 1.78 bits per heavy atom.